The van der Waals surface area contributed by atoms with Crippen LogP contribution in [0.5, 0.6) is 0 Å². The third-order valence-electron chi connectivity index (χ3n) is 3.90. The van der Waals surface area contributed by atoms with E-state index in [2.05, 4.69) is 20.2 Å². The summed E-state index contributed by atoms with van der Waals surface area (Å²) in [5, 5.41) is 4.32. The van der Waals surface area contributed by atoms with E-state index in [1.807, 2.05) is 53.2 Å². The van der Waals surface area contributed by atoms with Crippen molar-refractivity contribution < 1.29 is 14.3 Å². The summed E-state index contributed by atoms with van der Waals surface area (Å²) in [5.41, 5.74) is 6.34. The van der Waals surface area contributed by atoms with Crippen LogP contribution in [0.3, 0.4) is 0 Å². The zero-order valence-corrected chi connectivity index (χ0v) is 19.2. The zero-order chi connectivity index (χ0) is 23.1. The number of nitrogens with zero attached hydrogens (tertiary/aromatic N) is 5. The third-order valence-corrected chi connectivity index (χ3v) is 3.90. The van der Waals surface area contributed by atoms with Gasteiger partial charge in [-0.1, -0.05) is 13.8 Å². The highest BCUT2D eigenvalue weighted by Gasteiger charge is 2.14. The minimum atomic E-state index is 0.463. The maximum absolute atomic E-state index is 11.0. The molecule has 0 aliphatic heterocycles. The van der Waals surface area contributed by atoms with Crippen molar-refractivity contribution in [2.45, 2.75) is 27.7 Å². The second-order valence-electron chi connectivity index (χ2n) is 5.73. The van der Waals surface area contributed by atoms with Crippen molar-refractivity contribution in [2.75, 3.05) is 26.2 Å². The number of aryl methyl sites for hydroxylation is 2. The van der Waals surface area contributed by atoms with Gasteiger partial charge in [0.2, 0.25) is 0 Å². The molecule has 0 radical (unpaired) electrons. The molecule has 9 heteroatoms. The number of ether oxygens (including phenoxy) is 1. The van der Waals surface area contributed by atoms with Crippen LogP contribution in [-0.4, -0.2) is 57.3 Å². The summed E-state index contributed by atoms with van der Waals surface area (Å²) in [6.07, 6.45) is 8.64. The highest BCUT2D eigenvalue weighted by molar-refractivity contribution is 5.81. The molecule has 0 unspecified atom stereocenters. The van der Waals surface area contributed by atoms with Gasteiger partial charge in [0.05, 0.1) is 5.69 Å². The molecule has 0 amide bonds. The van der Waals surface area contributed by atoms with E-state index in [0.717, 1.165) is 36.0 Å². The summed E-state index contributed by atoms with van der Waals surface area (Å²) >= 11 is 0. The van der Waals surface area contributed by atoms with Gasteiger partial charge in [-0.05, 0) is 25.5 Å². The maximum atomic E-state index is 11.0. The molecule has 0 bridgehead atoms. The fourth-order valence-corrected chi connectivity index (χ4v) is 2.25. The molecule has 0 fully saturated rings. The van der Waals surface area contributed by atoms with E-state index in [4.69, 9.17) is 0 Å². The van der Waals surface area contributed by atoms with Crippen LogP contribution >= 0.6 is 0 Å². The predicted octanol–water partition coefficient (Wildman–Crippen LogP) is 3.09. The van der Waals surface area contributed by atoms with Crippen LogP contribution < -0.4 is 5.43 Å². The Morgan fingerprint density at radius 2 is 1.80 bits per heavy atom. The summed E-state index contributed by atoms with van der Waals surface area (Å²) in [4.78, 5) is 24.7. The molecule has 3 heterocycles. The van der Waals surface area contributed by atoms with Gasteiger partial charge >= 0.3 is 0 Å². The molecule has 0 aliphatic carbocycles. The molecule has 3 aromatic rings. The van der Waals surface area contributed by atoms with Gasteiger partial charge in [-0.15, -0.1) is 0 Å². The Morgan fingerprint density at radius 3 is 2.10 bits per heavy atom. The van der Waals surface area contributed by atoms with Gasteiger partial charge < -0.3 is 14.7 Å². The zero-order valence-electron chi connectivity index (χ0n) is 19.2. The minimum absolute atomic E-state index is 0.463. The largest absolute Gasteiger partial charge is 0.385 e. The van der Waals surface area contributed by atoms with Gasteiger partial charge in [0.15, 0.2) is 18.4 Å². The first-order valence-corrected chi connectivity index (χ1v) is 9.69. The van der Waals surface area contributed by atoms with E-state index >= 15 is 0 Å². The van der Waals surface area contributed by atoms with Gasteiger partial charge in [0.1, 0.15) is 5.69 Å². The highest BCUT2D eigenvalue weighted by atomic mass is 16.5. The summed E-state index contributed by atoms with van der Waals surface area (Å²) in [7, 11) is 7.10. The number of aldehydes is 2. The lowest BCUT2D eigenvalue weighted by Gasteiger charge is -2.01. The van der Waals surface area contributed by atoms with E-state index in [-0.39, 0.29) is 0 Å². The number of carbonyl (C=O) groups excluding carboxylic acids is 2. The first-order valence-electron chi connectivity index (χ1n) is 9.69. The Morgan fingerprint density at radius 1 is 1.17 bits per heavy atom. The molecule has 3 rings (SSSR count). The highest BCUT2D eigenvalue weighted by Crippen LogP contribution is 2.24. The maximum Gasteiger partial charge on any atom is 0.185 e. The van der Waals surface area contributed by atoms with Crippen LogP contribution in [0, 0.1) is 6.92 Å². The molecule has 0 saturated carbocycles. The van der Waals surface area contributed by atoms with Crippen molar-refractivity contribution in [3.63, 3.8) is 0 Å². The van der Waals surface area contributed by atoms with Crippen LogP contribution in [0.4, 0.5) is 0 Å². The van der Waals surface area contributed by atoms with Gasteiger partial charge in [-0.25, -0.2) is 4.98 Å². The van der Waals surface area contributed by atoms with E-state index < -0.39 is 0 Å². The van der Waals surface area contributed by atoms with Crippen molar-refractivity contribution in [1.29, 1.82) is 0 Å². The van der Waals surface area contributed by atoms with Crippen LogP contribution in [0.1, 0.15) is 47.4 Å². The average Bonchev–Trinajstić information content (AvgIpc) is 3.48. The Balaban J connectivity index is 0.000000501. The van der Waals surface area contributed by atoms with Crippen LogP contribution in [0.25, 0.3) is 11.3 Å². The normalized spacial score (nSPS) is 9.20. The molecule has 9 nitrogen and oxygen atoms in total. The monoisotopic (exact) mass is 418 g/mol. The average molecular weight is 419 g/mol. The van der Waals surface area contributed by atoms with Crippen molar-refractivity contribution in [1.82, 2.24) is 24.0 Å². The lowest BCUT2D eigenvalue weighted by molar-refractivity contribution is 0.110. The minimum Gasteiger partial charge on any atom is -0.385 e. The number of methoxy groups -OCH3 is 1. The van der Waals surface area contributed by atoms with Gasteiger partial charge in [0, 0.05) is 65.2 Å². The fraction of sp³-hybridized carbons (Fsp3) is 0.429. The third kappa shape index (κ3) is 7.67. The van der Waals surface area contributed by atoms with Gasteiger partial charge in [-0.3, -0.25) is 18.9 Å². The van der Waals surface area contributed by atoms with Gasteiger partial charge in [0.25, 0.3) is 0 Å². The van der Waals surface area contributed by atoms with Crippen molar-refractivity contribution in [2.24, 2.45) is 14.1 Å². The number of nitrogens with one attached hydrogen (secondary N) is 1. The molecule has 3 aromatic heterocycles. The standard InChI is InChI=1S/C11H14N4O.C5H6N2O.C3H8O.C2H6/c1-8-9(10-4-5-14(3)13-10)6-15(12-2)11(8)7-16;1-7-3-2-6-5(7)4-8;1-3-4-2;1-2/h4-7,12H,1-3H3;2-4H,1H3;3H2,1-2H3;1-2H3. The number of hydrogen-bond acceptors (Lipinski definition) is 6. The number of hydrogen-bond donors (Lipinski definition) is 1. The Kier molecular flexibility index (Phi) is 13.2. The van der Waals surface area contributed by atoms with Crippen LogP contribution in [-0.2, 0) is 18.8 Å². The fourth-order valence-electron chi connectivity index (χ4n) is 2.25. The second-order valence-corrected chi connectivity index (χ2v) is 5.73. The van der Waals surface area contributed by atoms with Crippen molar-refractivity contribution in [3.8, 4) is 11.3 Å². The lowest BCUT2D eigenvalue weighted by Crippen LogP contribution is -2.10. The number of carbonyl (C=O) groups is 2. The molecule has 0 aromatic carbocycles. The second kappa shape index (κ2) is 14.7. The topological polar surface area (TPSA) is 96.0 Å². The van der Waals surface area contributed by atoms with Crippen molar-refractivity contribution in [3.05, 3.63) is 47.9 Å². The molecule has 0 aliphatic rings. The number of aromatic nitrogens is 5. The predicted molar refractivity (Wildman–Crippen MR) is 120 cm³/mol. The van der Waals surface area contributed by atoms with E-state index in [0.29, 0.717) is 11.5 Å². The van der Waals surface area contributed by atoms with E-state index in [9.17, 15) is 9.59 Å². The molecular formula is C21H34N6O3. The summed E-state index contributed by atoms with van der Waals surface area (Å²) in [6.45, 7) is 8.70. The molecule has 0 spiro atoms. The van der Waals surface area contributed by atoms with Crippen LogP contribution in [0.15, 0.2) is 30.9 Å². The Hall–Kier alpha value is -3.20. The summed E-state index contributed by atoms with van der Waals surface area (Å²) in [6, 6.07) is 1.93. The lowest BCUT2D eigenvalue weighted by atomic mass is 10.1. The molecule has 30 heavy (non-hydrogen) atoms. The quantitative estimate of drug-likeness (QED) is 0.640. The summed E-state index contributed by atoms with van der Waals surface area (Å²) in [5.74, 6) is 0.463. The van der Waals surface area contributed by atoms with Crippen LogP contribution in [0.2, 0.25) is 0 Å². The first kappa shape index (κ1) is 26.8. The van der Waals surface area contributed by atoms with Crippen molar-refractivity contribution >= 4 is 12.6 Å². The Bertz CT molecular complexity index is 877. The van der Waals surface area contributed by atoms with Gasteiger partial charge in [-0.2, -0.15) is 5.10 Å². The number of rotatable bonds is 5. The SMILES string of the molecule is CC.CCOC.CNn1cc(-c2ccn(C)n2)c(C)c1C=O.Cn1ccnc1C=O. The smallest absolute Gasteiger partial charge is 0.185 e. The molecule has 0 saturated heterocycles. The number of imidazole rings is 1. The molecular weight excluding hydrogens is 384 g/mol. The molecule has 1 N–H and O–H groups in total. The Labute approximate surface area is 178 Å². The summed E-state index contributed by atoms with van der Waals surface area (Å²) < 4.78 is 9.64. The van der Waals surface area contributed by atoms with E-state index in [1.54, 1.807) is 47.5 Å². The first-order chi connectivity index (χ1) is 14.4. The van der Waals surface area contributed by atoms with E-state index in [1.165, 1.54) is 0 Å². The molecule has 166 valence electrons. The molecule has 0 atom stereocenters.